The minimum Gasteiger partial charge on any atom is -0.456 e. The molecule has 2 saturated carbocycles. The second-order valence-electron chi connectivity index (χ2n) is 16.8. The van der Waals surface area contributed by atoms with E-state index in [1.807, 2.05) is 0 Å². The predicted octanol–water partition coefficient (Wildman–Crippen LogP) is 3.16. The highest BCUT2D eigenvalue weighted by Gasteiger charge is 2.78. The maximum absolute atomic E-state index is 15.0. The van der Waals surface area contributed by atoms with Crippen LogP contribution >= 0.6 is 0 Å². The van der Waals surface area contributed by atoms with Crippen LogP contribution in [-0.2, 0) is 33.3 Å². The molecule has 0 radical (unpaired) electrons. The van der Waals surface area contributed by atoms with Crippen LogP contribution in [0.15, 0.2) is 102 Å². The van der Waals surface area contributed by atoms with Gasteiger partial charge in [0.25, 0.3) is 5.91 Å². The molecule has 1 amide bonds. The van der Waals surface area contributed by atoms with Crippen LogP contribution in [0.4, 0.5) is 0 Å². The number of esters is 3. The molecule has 3 fully saturated rings. The first kappa shape index (κ1) is 41.9. The Labute approximate surface area is 341 Å². The summed E-state index contributed by atoms with van der Waals surface area (Å²) in [4.78, 5) is 69.5. The Morgan fingerprint density at radius 3 is 2.00 bits per heavy atom. The van der Waals surface area contributed by atoms with Crippen LogP contribution in [0.5, 0.6) is 0 Å². The van der Waals surface area contributed by atoms with Gasteiger partial charge < -0.3 is 44.7 Å². The standard InChI is InChI=1S/C45H49NO13/c1-24-29(57-41(54)35(50)33(26-15-9-6-10-16-26)46-39(52)27-17-11-7-12-18-27)22-45(55)38(58-40(53)28-19-13-8-14-20-28)36-43(5,37(51)34(49)32(24)42(45,3)4)30(48)21-31-44(36,23-56-31)59-25(2)47/h6-20,29-31,33-36,38,48-50,55H,21-23H2,1-5H3,(H,46,52)/t29-,30-,31+,33-,34+,35-,36-,38-,43+,44-,45-/m0/s1. The van der Waals surface area contributed by atoms with E-state index < -0.39 is 107 Å². The maximum Gasteiger partial charge on any atom is 0.338 e. The van der Waals surface area contributed by atoms with Crippen LogP contribution in [-0.4, -0.2) is 104 Å². The molecule has 0 aromatic heterocycles. The van der Waals surface area contributed by atoms with Crippen LogP contribution in [0.2, 0.25) is 0 Å². The van der Waals surface area contributed by atoms with Gasteiger partial charge >= 0.3 is 17.9 Å². The summed E-state index contributed by atoms with van der Waals surface area (Å²) in [5, 5.41) is 51.9. The first-order chi connectivity index (χ1) is 27.9. The average molecular weight is 812 g/mol. The van der Waals surface area contributed by atoms with E-state index in [-0.39, 0.29) is 35.3 Å². The minimum absolute atomic E-state index is 0.0540. The summed E-state index contributed by atoms with van der Waals surface area (Å²) in [5.74, 6) is -5.89. The highest BCUT2D eigenvalue weighted by Crippen LogP contribution is 2.64. The number of carbonyl (C=O) groups is 5. The third-order valence-electron chi connectivity index (χ3n) is 13.2. The number of fused-ring (bicyclic) bond motifs is 5. The lowest BCUT2D eigenvalue weighted by Crippen LogP contribution is -2.81. The maximum atomic E-state index is 15.0. The van der Waals surface area contributed by atoms with Crippen molar-refractivity contribution in [3.63, 3.8) is 0 Å². The number of ether oxygens (including phenoxy) is 4. The summed E-state index contributed by atoms with van der Waals surface area (Å²) in [5.41, 5.74) is -6.86. The van der Waals surface area contributed by atoms with Gasteiger partial charge in [-0.1, -0.05) is 80.6 Å². The largest absolute Gasteiger partial charge is 0.456 e. The van der Waals surface area contributed by atoms with Crippen molar-refractivity contribution in [1.29, 1.82) is 0 Å². The van der Waals surface area contributed by atoms with E-state index in [0.717, 1.165) is 6.92 Å². The number of Topliss-reactive ketones (excluding diaryl/α,β-unsaturated/α-hetero) is 1. The van der Waals surface area contributed by atoms with Crippen molar-refractivity contribution < 1.29 is 63.3 Å². The van der Waals surface area contributed by atoms with Crippen molar-refractivity contribution in [3.8, 4) is 0 Å². The summed E-state index contributed by atoms with van der Waals surface area (Å²) in [6.07, 6.45) is -10.5. The lowest BCUT2D eigenvalue weighted by atomic mass is 9.44. The van der Waals surface area contributed by atoms with Crippen LogP contribution in [0.1, 0.15) is 79.8 Å². The fourth-order valence-electron chi connectivity index (χ4n) is 9.94. The Kier molecular flexibility index (Phi) is 10.9. The topological polar surface area (TPSA) is 215 Å². The quantitative estimate of drug-likeness (QED) is 0.120. The zero-order valence-electron chi connectivity index (χ0n) is 33.4. The van der Waals surface area contributed by atoms with E-state index in [9.17, 15) is 44.4 Å². The highest BCUT2D eigenvalue weighted by atomic mass is 16.6. The number of benzene rings is 3. The predicted molar refractivity (Wildman–Crippen MR) is 208 cm³/mol. The molecule has 3 aliphatic carbocycles. The lowest BCUT2D eigenvalue weighted by Gasteiger charge is -2.67. The Balaban J connectivity index is 1.34. The molecule has 3 aromatic rings. The molecule has 4 aliphatic rings. The highest BCUT2D eigenvalue weighted by molar-refractivity contribution is 5.95. The van der Waals surface area contributed by atoms with Gasteiger partial charge in [0.05, 0.1) is 35.6 Å². The summed E-state index contributed by atoms with van der Waals surface area (Å²) in [6.45, 7) is 6.89. The van der Waals surface area contributed by atoms with Gasteiger partial charge in [0.1, 0.15) is 30.0 Å². The summed E-state index contributed by atoms with van der Waals surface area (Å²) < 4.78 is 24.2. The zero-order valence-corrected chi connectivity index (χ0v) is 33.4. The number of ketones is 1. The third-order valence-corrected chi connectivity index (χ3v) is 13.2. The Morgan fingerprint density at radius 2 is 1.44 bits per heavy atom. The molecular weight excluding hydrogens is 762 g/mol. The Bertz CT molecular complexity index is 2160. The molecule has 11 atom stereocenters. The molecule has 0 unspecified atom stereocenters. The first-order valence-corrected chi connectivity index (χ1v) is 19.6. The van der Waals surface area contributed by atoms with Gasteiger partial charge in [0, 0.05) is 30.7 Å². The van der Waals surface area contributed by atoms with E-state index in [2.05, 4.69) is 5.32 Å². The molecule has 14 nitrogen and oxygen atoms in total. The van der Waals surface area contributed by atoms with Crippen LogP contribution < -0.4 is 5.32 Å². The number of aliphatic hydroxyl groups is 4. The molecule has 0 spiro atoms. The lowest BCUT2D eigenvalue weighted by molar-refractivity contribution is -0.346. The summed E-state index contributed by atoms with van der Waals surface area (Å²) in [7, 11) is 0. The van der Waals surface area contributed by atoms with E-state index in [0.29, 0.717) is 5.56 Å². The fraction of sp³-hybridized carbons (Fsp3) is 0.444. The monoisotopic (exact) mass is 811 g/mol. The second-order valence-corrected chi connectivity index (χ2v) is 16.8. The van der Waals surface area contributed by atoms with Crippen LogP contribution in [0.25, 0.3) is 0 Å². The smallest absolute Gasteiger partial charge is 0.338 e. The number of amides is 1. The van der Waals surface area contributed by atoms with Crippen molar-refractivity contribution in [1.82, 2.24) is 5.32 Å². The van der Waals surface area contributed by atoms with Crippen LogP contribution in [0.3, 0.4) is 0 Å². The number of carbonyl (C=O) groups excluding carboxylic acids is 5. The molecule has 2 bridgehead atoms. The molecule has 1 aliphatic heterocycles. The van der Waals surface area contributed by atoms with Crippen molar-refractivity contribution in [3.05, 3.63) is 119 Å². The van der Waals surface area contributed by atoms with E-state index >= 15 is 0 Å². The zero-order chi connectivity index (χ0) is 42.7. The van der Waals surface area contributed by atoms with Crippen LogP contribution in [0, 0.1) is 16.7 Å². The molecule has 3 aromatic carbocycles. The molecular formula is C45H49NO13. The average Bonchev–Trinajstić information content (AvgIpc) is 3.21. The molecule has 1 heterocycles. The molecule has 5 N–H and O–H groups in total. The number of aliphatic hydroxyl groups excluding tert-OH is 3. The number of rotatable bonds is 9. The third kappa shape index (κ3) is 6.76. The molecule has 1 saturated heterocycles. The van der Waals surface area contributed by atoms with Gasteiger partial charge in [0.15, 0.2) is 17.5 Å². The van der Waals surface area contributed by atoms with Crippen molar-refractivity contribution in [2.24, 2.45) is 16.7 Å². The minimum atomic E-state index is -2.35. The van der Waals surface area contributed by atoms with E-state index in [1.54, 1.807) is 92.7 Å². The molecule has 59 heavy (non-hydrogen) atoms. The molecule has 7 rings (SSSR count). The van der Waals surface area contributed by atoms with Crippen molar-refractivity contribution >= 4 is 29.6 Å². The number of nitrogens with one attached hydrogen (secondary N) is 1. The SMILES string of the molecule is CC(=O)O[C@@]12CO[C@@H]1C[C@H](O)[C@@]1(C)C(=O)[C@H](O)C3=C(C)[C@@H](OC(=O)[C@@H](O)[C@@H](NC(=O)c4ccccc4)c4ccccc4)C[C@](O)([C@@H](OC(=O)c4ccccc4)[C@H]21)C3(C)C. The van der Waals surface area contributed by atoms with Crippen molar-refractivity contribution in [2.45, 2.75) is 101 Å². The van der Waals surface area contributed by atoms with Gasteiger partial charge in [-0.3, -0.25) is 14.4 Å². The number of hydrogen-bond donors (Lipinski definition) is 5. The fourth-order valence-corrected chi connectivity index (χ4v) is 9.94. The van der Waals surface area contributed by atoms with E-state index in [1.165, 1.54) is 26.0 Å². The first-order valence-electron chi connectivity index (χ1n) is 19.6. The van der Waals surface area contributed by atoms with Gasteiger partial charge in [0.2, 0.25) is 0 Å². The number of hydrogen-bond acceptors (Lipinski definition) is 13. The van der Waals surface area contributed by atoms with Gasteiger partial charge in [-0.2, -0.15) is 0 Å². The Hall–Kier alpha value is -5.25. The van der Waals surface area contributed by atoms with Gasteiger partial charge in [-0.25, -0.2) is 9.59 Å². The van der Waals surface area contributed by atoms with Gasteiger partial charge in [-0.05, 0) is 54.8 Å². The van der Waals surface area contributed by atoms with Gasteiger partial charge in [-0.15, -0.1) is 0 Å². The second kappa shape index (κ2) is 15.4. The molecule has 312 valence electrons. The summed E-state index contributed by atoms with van der Waals surface area (Å²) >= 11 is 0. The van der Waals surface area contributed by atoms with E-state index in [4.69, 9.17) is 18.9 Å². The Morgan fingerprint density at radius 1 is 0.864 bits per heavy atom. The summed E-state index contributed by atoms with van der Waals surface area (Å²) in [6, 6.07) is 23.1. The molecule has 14 heteroatoms. The van der Waals surface area contributed by atoms with Crippen molar-refractivity contribution in [2.75, 3.05) is 6.61 Å². The normalized spacial score (nSPS) is 33.0.